The average Bonchev–Trinajstić information content (AvgIpc) is 2.77. The summed E-state index contributed by atoms with van der Waals surface area (Å²) in [7, 11) is -1.72. The standard InChI is InChI=1S/C22H29FN4O2S.HI/c1-24-22(25-13-12-18-6-5-7-20(23)16-18)26-17-19-8-10-21(11-9-19)30(28,29)27-14-3-2-4-15-27;/h5-11,16H,2-4,12-15,17H2,1H3,(H2,24,25,26);1H. The summed E-state index contributed by atoms with van der Waals surface area (Å²) in [6.07, 6.45) is 3.62. The molecule has 1 aliphatic heterocycles. The highest BCUT2D eigenvalue weighted by atomic mass is 127. The molecule has 170 valence electrons. The lowest BCUT2D eigenvalue weighted by atomic mass is 10.1. The summed E-state index contributed by atoms with van der Waals surface area (Å²) in [6, 6.07) is 13.5. The number of nitrogens with zero attached hydrogens (tertiary/aromatic N) is 2. The van der Waals surface area contributed by atoms with Gasteiger partial charge in [-0.2, -0.15) is 4.31 Å². The van der Waals surface area contributed by atoms with Crippen molar-refractivity contribution < 1.29 is 12.8 Å². The summed E-state index contributed by atoms with van der Waals surface area (Å²) in [4.78, 5) is 4.53. The van der Waals surface area contributed by atoms with Gasteiger partial charge in [0.15, 0.2) is 5.96 Å². The SMILES string of the molecule is CN=C(NCCc1cccc(F)c1)NCc1ccc(S(=O)(=O)N2CCCCC2)cc1.I. The van der Waals surface area contributed by atoms with Gasteiger partial charge in [0.25, 0.3) is 0 Å². The number of guanidine groups is 1. The molecule has 2 aromatic rings. The maximum absolute atomic E-state index is 13.2. The van der Waals surface area contributed by atoms with E-state index in [4.69, 9.17) is 0 Å². The van der Waals surface area contributed by atoms with Crippen molar-refractivity contribution in [3.05, 3.63) is 65.5 Å². The van der Waals surface area contributed by atoms with Crippen LogP contribution in [0.4, 0.5) is 4.39 Å². The molecule has 0 atom stereocenters. The van der Waals surface area contributed by atoms with Gasteiger partial charge in [-0.15, -0.1) is 24.0 Å². The monoisotopic (exact) mass is 560 g/mol. The first-order chi connectivity index (χ1) is 14.5. The molecule has 6 nitrogen and oxygen atoms in total. The smallest absolute Gasteiger partial charge is 0.243 e. The Balaban J connectivity index is 0.00000341. The van der Waals surface area contributed by atoms with Crippen LogP contribution in [-0.2, 0) is 23.0 Å². The van der Waals surface area contributed by atoms with Crippen molar-refractivity contribution in [3.63, 3.8) is 0 Å². The zero-order valence-corrected chi connectivity index (χ0v) is 20.8. The zero-order valence-electron chi connectivity index (χ0n) is 17.7. The number of piperidine rings is 1. The van der Waals surface area contributed by atoms with Gasteiger partial charge in [0.2, 0.25) is 10.0 Å². The summed E-state index contributed by atoms with van der Waals surface area (Å²) >= 11 is 0. The van der Waals surface area contributed by atoms with Crippen molar-refractivity contribution in [1.29, 1.82) is 0 Å². The molecule has 1 aliphatic rings. The fraction of sp³-hybridized carbons (Fsp3) is 0.409. The molecule has 1 fully saturated rings. The predicted octanol–water partition coefficient (Wildman–Crippen LogP) is 3.53. The number of aliphatic imine (C=N–C) groups is 1. The van der Waals surface area contributed by atoms with Crippen molar-refractivity contribution >= 4 is 40.0 Å². The summed E-state index contributed by atoms with van der Waals surface area (Å²) in [5.41, 5.74) is 1.88. The highest BCUT2D eigenvalue weighted by molar-refractivity contribution is 14.0. The van der Waals surface area contributed by atoms with E-state index < -0.39 is 10.0 Å². The highest BCUT2D eigenvalue weighted by Gasteiger charge is 2.25. The average molecular weight is 560 g/mol. The van der Waals surface area contributed by atoms with Crippen molar-refractivity contribution in [2.45, 2.75) is 37.1 Å². The Morgan fingerprint density at radius 1 is 1.03 bits per heavy atom. The number of benzene rings is 2. The molecule has 0 aliphatic carbocycles. The second kappa shape index (κ2) is 12.4. The quantitative estimate of drug-likeness (QED) is 0.309. The van der Waals surface area contributed by atoms with Crippen molar-refractivity contribution in [3.8, 4) is 0 Å². The minimum atomic E-state index is -3.41. The fourth-order valence-corrected chi connectivity index (χ4v) is 4.97. The second-order valence-corrected chi connectivity index (χ2v) is 9.28. The largest absolute Gasteiger partial charge is 0.356 e. The normalized spacial score (nSPS) is 15.2. The molecule has 0 unspecified atom stereocenters. The molecule has 0 saturated carbocycles. The molecule has 0 aromatic heterocycles. The van der Waals surface area contributed by atoms with Crippen LogP contribution in [0.1, 0.15) is 30.4 Å². The van der Waals surface area contributed by atoms with E-state index in [9.17, 15) is 12.8 Å². The zero-order chi connectivity index (χ0) is 21.4. The topological polar surface area (TPSA) is 73.8 Å². The van der Waals surface area contributed by atoms with Gasteiger partial charge in [0.1, 0.15) is 5.82 Å². The molecule has 1 saturated heterocycles. The Morgan fingerprint density at radius 3 is 2.39 bits per heavy atom. The third-order valence-electron chi connectivity index (χ3n) is 5.15. The summed E-state index contributed by atoms with van der Waals surface area (Å²) < 4.78 is 40.3. The van der Waals surface area contributed by atoms with Gasteiger partial charge < -0.3 is 10.6 Å². The van der Waals surface area contributed by atoms with E-state index in [1.165, 1.54) is 12.1 Å². The predicted molar refractivity (Wildman–Crippen MR) is 133 cm³/mol. The molecule has 0 amide bonds. The minimum absolute atomic E-state index is 0. The molecule has 0 bridgehead atoms. The molecule has 3 rings (SSSR count). The number of nitrogens with one attached hydrogen (secondary N) is 2. The maximum Gasteiger partial charge on any atom is 0.243 e. The first kappa shape index (κ1) is 25.5. The maximum atomic E-state index is 13.2. The number of hydrogen-bond acceptors (Lipinski definition) is 3. The minimum Gasteiger partial charge on any atom is -0.356 e. The lowest BCUT2D eigenvalue weighted by molar-refractivity contribution is 0.346. The van der Waals surface area contributed by atoms with Crippen LogP contribution < -0.4 is 10.6 Å². The number of rotatable bonds is 7. The molecule has 0 spiro atoms. The Kier molecular flexibility index (Phi) is 10.2. The van der Waals surface area contributed by atoms with E-state index in [1.807, 2.05) is 18.2 Å². The van der Waals surface area contributed by atoms with Gasteiger partial charge in [0.05, 0.1) is 4.90 Å². The summed E-state index contributed by atoms with van der Waals surface area (Å²) in [5.74, 6) is 0.400. The molecule has 1 heterocycles. The van der Waals surface area contributed by atoms with E-state index in [0.717, 1.165) is 30.4 Å². The van der Waals surface area contributed by atoms with Gasteiger partial charge in [-0.3, -0.25) is 4.99 Å². The van der Waals surface area contributed by atoms with E-state index in [-0.39, 0.29) is 29.8 Å². The van der Waals surface area contributed by atoms with Crippen molar-refractivity contribution in [1.82, 2.24) is 14.9 Å². The van der Waals surface area contributed by atoms with Gasteiger partial charge in [-0.25, -0.2) is 12.8 Å². The van der Waals surface area contributed by atoms with E-state index >= 15 is 0 Å². The lowest BCUT2D eigenvalue weighted by Gasteiger charge is -2.25. The van der Waals surface area contributed by atoms with Gasteiger partial charge in [-0.1, -0.05) is 30.7 Å². The van der Waals surface area contributed by atoms with Crippen LogP contribution in [0.2, 0.25) is 0 Å². The van der Waals surface area contributed by atoms with Crippen LogP contribution in [-0.4, -0.2) is 45.4 Å². The molecule has 9 heteroatoms. The first-order valence-corrected chi connectivity index (χ1v) is 11.7. The fourth-order valence-electron chi connectivity index (χ4n) is 3.46. The van der Waals surface area contributed by atoms with Crippen LogP contribution in [0.25, 0.3) is 0 Å². The molecule has 0 radical (unpaired) electrons. The van der Waals surface area contributed by atoms with Crippen molar-refractivity contribution in [2.24, 2.45) is 4.99 Å². The van der Waals surface area contributed by atoms with Crippen LogP contribution in [0.15, 0.2) is 58.4 Å². The van der Waals surface area contributed by atoms with Crippen molar-refractivity contribution in [2.75, 3.05) is 26.7 Å². The number of halogens is 2. The van der Waals surface area contributed by atoms with E-state index in [0.29, 0.717) is 43.5 Å². The van der Waals surface area contributed by atoms with Crippen LogP contribution in [0.3, 0.4) is 0 Å². The second-order valence-electron chi connectivity index (χ2n) is 7.34. The molecular weight excluding hydrogens is 530 g/mol. The lowest BCUT2D eigenvalue weighted by Crippen LogP contribution is -2.38. The van der Waals surface area contributed by atoms with Crippen LogP contribution >= 0.6 is 24.0 Å². The van der Waals surface area contributed by atoms with E-state index in [1.54, 1.807) is 29.6 Å². The Hall–Kier alpha value is -1.72. The molecule has 31 heavy (non-hydrogen) atoms. The van der Waals surface area contributed by atoms with E-state index in [2.05, 4.69) is 15.6 Å². The summed E-state index contributed by atoms with van der Waals surface area (Å²) in [5, 5.41) is 6.41. The van der Waals surface area contributed by atoms with Gasteiger partial charge in [-0.05, 0) is 54.7 Å². The first-order valence-electron chi connectivity index (χ1n) is 10.3. The highest BCUT2D eigenvalue weighted by Crippen LogP contribution is 2.20. The Labute approximate surface area is 201 Å². The third-order valence-corrected chi connectivity index (χ3v) is 7.07. The molecule has 2 N–H and O–H groups in total. The van der Waals surface area contributed by atoms with Gasteiger partial charge >= 0.3 is 0 Å². The number of sulfonamides is 1. The number of hydrogen-bond donors (Lipinski definition) is 2. The van der Waals surface area contributed by atoms with Crippen LogP contribution in [0, 0.1) is 5.82 Å². The third kappa shape index (κ3) is 7.43. The Bertz CT molecular complexity index is 962. The van der Waals surface area contributed by atoms with Gasteiger partial charge in [0, 0.05) is 33.2 Å². The Morgan fingerprint density at radius 2 is 1.74 bits per heavy atom. The van der Waals surface area contributed by atoms with Crippen LogP contribution in [0.5, 0.6) is 0 Å². The molecular formula is C22H30FIN4O2S. The molecule has 2 aromatic carbocycles. The summed E-state index contributed by atoms with van der Waals surface area (Å²) in [6.45, 7) is 2.34.